The Kier molecular flexibility index (Phi) is 10.6. The Labute approximate surface area is 343 Å². The Morgan fingerprint density at radius 2 is 1.80 bits per heavy atom. The minimum absolute atomic E-state index is 0.0275. The minimum Gasteiger partial charge on any atom is -0.472 e. The maximum absolute atomic E-state index is 14.7. The van der Waals surface area contributed by atoms with E-state index in [0.29, 0.717) is 54.8 Å². The number of nitrogens with zero attached hydrogens (tertiary/aromatic N) is 4. The first kappa shape index (κ1) is 40.3. The number of benzene rings is 2. The lowest BCUT2D eigenvalue weighted by Gasteiger charge is -2.30. The average Bonchev–Trinajstić information content (AvgIpc) is 4.07. The number of carbonyl (C=O) groups is 4. The summed E-state index contributed by atoms with van der Waals surface area (Å²) in [6, 6.07) is 15.2. The summed E-state index contributed by atoms with van der Waals surface area (Å²) in [6.07, 6.45) is 6.63. The van der Waals surface area contributed by atoms with Gasteiger partial charge in [-0.25, -0.2) is 18.2 Å². The summed E-state index contributed by atoms with van der Waals surface area (Å²) in [5.41, 5.74) is 1.50. The number of aromatic nitrogens is 3. The normalized spacial score (nSPS) is 25.9. The summed E-state index contributed by atoms with van der Waals surface area (Å²) in [7, 11) is -3.91. The van der Waals surface area contributed by atoms with Crippen LogP contribution in [-0.4, -0.2) is 92.9 Å². The number of alkyl carbamates (subject to hydrolysis) is 1. The van der Waals surface area contributed by atoms with Crippen LogP contribution in [0.2, 0.25) is 0 Å². The van der Waals surface area contributed by atoms with Crippen molar-refractivity contribution < 1.29 is 37.1 Å². The fraction of sp³-hybridized carbons (Fsp3) is 0.488. The van der Waals surface area contributed by atoms with Crippen molar-refractivity contribution in [2.24, 2.45) is 5.92 Å². The van der Waals surface area contributed by atoms with E-state index in [4.69, 9.17) is 19.6 Å². The molecule has 8 rings (SSSR count). The molecule has 0 radical (unpaired) electrons. The van der Waals surface area contributed by atoms with Gasteiger partial charge >= 0.3 is 6.09 Å². The van der Waals surface area contributed by atoms with Gasteiger partial charge in [0, 0.05) is 29.4 Å². The Balaban J connectivity index is 1.15. The van der Waals surface area contributed by atoms with Gasteiger partial charge in [-0.05, 0) is 84.4 Å². The Hall–Kier alpha value is -5.51. The summed E-state index contributed by atoms with van der Waals surface area (Å²) >= 11 is 0. The van der Waals surface area contributed by atoms with Gasteiger partial charge in [0.2, 0.25) is 27.7 Å². The van der Waals surface area contributed by atoms with Crippen LogP contribution < -0.4 is 20.1 Å². The molecule has 2 aliphatic carbocycles. The molecule has 4 heterocycles. The Bertz CT molecular complexity index is 2460. The van der Waals surface area contributed by atoms with Gasteiger partial charge in [0.05, 0.1) is 23.0 Å². The summed E-state index contributed by atoms with van der Waals surface area (Å²) in [5.74, 6) is -2.01. The molecular formula is C43H51N7O8S. The van der Waals surface area contributed by atoms with Crippen LogP contribution in [0.5, 0.6) is 5.88 Å². The Morgan fingerprint density at radius 1 is 1.00 bits per heavy atom. The van der Waals surface area contributed by atoms with E-state index in [9.17, 15) is 27.6 Å². The molecule has 2 saturated carbocycles. The quantitative estimate of drug-likeness (QED) is 0.211. The molecule has 4 aliphatic rings. The SMILES string of the molecule is Cc1cccc(-c2cc(O[C@@H]3C[C@H]4C(=O)N[C@]5(C(=O)NS(=O)(=O)C6CC6)C[C@@H]5/C=C\CCCCC[C@H](NC(=O)OC(C)(C)C)C(=O)N4C3)n3nc4ccccc4c3n2)c1. The number of aryl methyl sites for hydroxylation is 1. The lowest BCUT2D eigenvalue weighted by Crippen LogP contribution is -2.58. The number of nitrogens with one attached hydrogen (secondary N) is 3. The number of sulfonamides is 1. The van der Waals surface area contributed by atoms with Crippen LogP contribution in [0.15, 0.2) is 66.7 Å². The second-order valence-corrected chi connectivity index (χ2v) is 19.3. The standard InChI is InChI=1S/C43H51N7O8S/c1-26-13-12-14-27(21-26)34-23-36(50-37(44-34)31-16-10-11-17-32(31)47-50)57-29-22-35-38(51)46-43(40(53)48-59(55,56)30-19-20-30)24-28(43)15-8-6-5-7-9-18-33(39(52)49(35)25-29)45-41(54)58-42(2,3)4/h8,10-17,21,23,28-30,33,35H,5-7,9,18-20,22,24-25H2,1-4H3,(H,45,54)(H,46,51)(H,48,53)/b15-8-/t28-,29+,33-,35-,43+/m0/s1. The van der Waals surface area contributed by atoms with E-state index in [2.05, 4.69) is 15.4 Å². The van der Waals surface area contributed by atoms with Gasteiger partial charge in [-0.1, -0.05) is 60.9 Å². The lowest BCUT2D eigenvalue weighted by atomic mass is 10.0. The lowest BCUT2D eigenvalue weighted by molar-refractivity contribution is -0.141. The molecule has 0 spiro atoms. The third-order valence-corrected chi connectivity index (χ3v) is 13.2. The summed E-state index contributed by atoms with van der Waals surface area (Å²) in [5, 5.41) is 10.7. The van der Waals surface area contributed by atoms with Crippen LogP contribution >= 0.6 is 0 Å². The molecular weight excluding hydrogens is 775 g/mol. The maximum atomic E-state index is 14.7. The predicted molar refractivity (Wildman–Crippen MR) is 220 cm³/mol. The number of allylic oxidation sites excluding steroid dienone is 1. The van der Waals surface area contributed by atoms with Crippen molar-refractivity contribution in [3.63, 3.8) is 0 Å². The van der Waals surface area contributed by atoms with Crippen LogP contribution in [0.4, 0.5) is 4.79 Å². The first-order valence-electron chi connectivity index (χ1n) is 20.5. The molecule has 3 N–H and O–H groups in total. The van der Waals surface area contributed by atoms with Crippen molar-refractivity contribution in [2.75, 3.05) is 6.54 Å². The monoisotopic (exact) mass is 825 g/mol. The van der Waals surface area contributed by atoms with Crippen molar-refractivity contribution in [1.82, 2.24) is 34.9 Å². The maximum Gasteiger partial charge on any atom is 0.408 e. The van der Waals surface area contributed by atoms with Gasteiger partial charge in [0.1, 0.15) is 29.3 Å². The highest BCUT2D eigenvalue weighted by Crippen LogP contribution is 2.46. The zero-order valence-corrected chi connectivity index (χ0v) is 34.6. The van der Waals surface area contributed by atoms with Gasteiger partial charge in [-0.15, -0.1) is 0 Å². The van der Waals surface area contributed by atoms with E-state index in [-0.39, 0.29) is 19.4 Å². The van der Waals surface area contributed by atoms with Crippen LogP contribution in [0.25, 0.3) is 27.8 Å². The molecule has 16 heteroatoms. The van der Waals surface area contributed by atoms with Gasteiger partial charge in [0.25, 0.3) is 5.91 Å². The van der Waals surface area contributed by atoms with E-state index >= 15 is 0 Å². The van der Waals surface area contributed by atoms with E-state index in [1.54, 1.807) is 31.4 Å². The molecule has 2 aliphatic heterocycles. The summed E-state index contributed by atoms with van der Waals surface area (Å²) < 4.78 is 42.0. The van der Waals surface area contributed by atoms with Crippen LogP contribution in [0.1, 0.15) is 84.1 Å². The number of hydrogen-bond acceptors (Lipinski definition) is 10. The third kappa shape index (κ3) is 8.63. The number of rotatable bonds is 7. The van der Waals surface area contributed by atoms with Gasteiger partial charge in [-0.2, -0.15) is 9.61 Å². The third-order valence-electron chi connectivity index (χ3n) is 11.4. The Morgan fingerprint density at radius 3 is 2.56 bits per heavy atom. The van der Waals surface area contributed by atoms with Gasteiger partial charge in [-0.3, -0.25) is 19.1 Å². The average molecular weight is 826 g/mol. The molecule has 59 heavy (non-hydrogen) atoms. The number of amides is 4. The van der Waals surface area contributed by atoms with Crippen molar-refractivity contribution in [3.05, 3.63) is 72.3 Å². The van der Waals surface area contributed by atoms with E-state index < -0.39 is 74.3 Å². The summed E-state index contributed by atoms with van der Waals surface area (Å²) in [4.78, 5) is 62.7. The first-order valence-corrected chi connectivity index (χ1v) is 22.0. The van der Waals surface area contributed by atoms with Crippen LogP contribution in [0.3, 0.4) is 0 Å². The molecule has 15 nitrogen and oxygen atoms in total. The molecule has 4 aromatic rings. The van der Waals surface area contributed by atoms with Crippen molar-refractivity contribution in [2.45, 2.75) is 120 Å². The molecule has 0 unspecified atom stereocenters. The highest BCUT2D eigenvalue weighted by Gasteiger charge is 2.62. The minimum atomic E-state index is -3.91. The molecule has 4 amide bonds. The molecule has 5 atom stereocenters. The second kappa shape index (κ2) is 15.6. The molecule has 2 aromatic carbocycles. The fourth-order valence-corrected chi connectivity index (χ4v) is 9.47. The zero-order chi connectivity index (χ0) is 41.7. The zero-order valence-electron chi connectivity index (χ0n) is 33.8. The largest absolute Gasteiger partial charge is 0.472 e. The van der Waals surface area contributed by atoms with Gasteiger partial charge in [0.15, 0.2) is 5.65 Å². The molecule has 0 bridgehead atoms. The summed E-state index contributed by atoms with van der Waals surface area (Å²) in [6.45, 7) is 7.16. The van der Waals surface area contributed by atoms with Crippen molar-refractivity contribution >= 4 is 50.4 Å². The highest BCUT2D eigenvalue weighted by molar-refractivity contribution is 7.91. The number of fused-ring (bicyclic) bond motifs is 5. The fourth-order valence-electron chi connectivity index (χ4n) is 8.11. The van der Waals surface area contributed by atoms with E-state index in [1.807, 2.05) is 67.6 Å². The highest BCUT2D eigenvalue weighted by atomic mass is 32.2. The van der Waals surface area contributed by atoms with E-state index in [1.165, 1.54) is 4.90 Å². The van der Waals surface area contributed by atoms with Crippen LogP contribution in [-0.2, 0) is 29.1 Å². The van der Waals surface area contributed by atoms with Crippen molar-refractivity contribution in [3.8, 4) is 17.1 Å². The second-order valence-electron chi connectivity index (χ2n) is 17.3. The molecule has 2 aromatic heterocycles. The number of hydrogen-bond donors (Lipinski definition) is 3. The van der Waals surface area contributed by atoms with Crippen LogP contribution in [0, 0.1) is 12.8 Å². The van der Waals surface area contributed by atoms with Gasteiger partial charge < -0.3 is 25.0 Å². The molecule has 312 valence electrons. The topological polar surface area (TPSA) is 190 Å². The van der Waals surface area contributed by atoms with Crippen molar-refractivity contribution in [1.29, 1.82) is 0 Å². The molecule has 3 fully saturated rings. The molecule has 1 saturated heterocycles. The number of carbonyl (C=O) groups excluding carboxylic acids is 4. The van der Waals surface area contributed by atoms with E-state index in [0.717, 1.165) is 29.4 Å². The predicted octanol–water partition coefficient (Wildman–Crippen LogP) is 5.10. The number of ether oxygens (including phenoxy) is 2. The first-order chi connectivity index (χ1) is 28.1. The smallest absolute Gasteiger partial charge is 0.408 e.